The molecule has 1 aliphatic carbocycles. The fourth-order valence-electron chi connectivity index (χ4n) is 3.53. The van der Waals surface area contributed by atoms with Gasteiger partial charge in [-0.2, -0.15) is 0 Å². The van der Waals surface area contributed by atoms with Crippen molar-refractivity contribution in [3.8, 4) is 0 Å². The van der Waals surface area contributed by atoms with Gasteiger partial charge in [-0.3, -0.25) is 9.69 Å². The molecule has 1 aliphatic heterocycles. The Labute approximate surface area is 119 Å². The second kappa shape index (κ2) is 6.92. The van der Waals surface area contributed by atoms with E-state index in [-0.39, 0.29) is 18.4 Å². The lowest BCUT2D eigenvalue weighted by Gasteiger charge is -2.40. The Morgan fingerprint density at radius 3 is 2.60 bits per heavy atom. The lowest BCUT2D eigenvalue weighted by Crippen LogP contribution is -2.53. The van der Waals surface area contributed by atoms with Crippen LogP contribution in [0.3, 0.4) is 0 Å². The van der Waals surface area contributed by atoms with Crippen molar-refractivity contribution in [2.45, 2.75) is 50.6 Å². The molecule has 1 saturated carbocycles. The smallest absolute Gasteiger partial charge is 0.407 e. The average Bonchev–Trinajstić information content (AvgIpc) is 2.91. The van der Waals surface area contributed by atoms with Crippen molar-refractivity contribution in [1.29, 1.82) is 0 Å². The van der Waals surface area contributed by atoms with Gasteiger partial charge in [0, 0.05) is 31.6 Å². The number of hydrogen-bond donors (Lipinski definition) is 2. The van der Waals surface area contributed by atoms with Gasteiger partial charge in [-0.15, -0.1) is 0 Å². The number of aliphatic carboxylic acids is 1. The second-order valence-electron chi connectivity index (χ2n) is 5.92. The molecule has 6 heteroatoms. The minimum atomic E-state index is -0.764. The van der Waals surface area contributed by atoms with E-state index in [1.807, 2.05) is 0 Å². The van der Waals surface area contributed by atoms with E-state index in [0.29, 0.717) is 12.5 Å². The number of likely N-dealkylation sites (tertiary alicyclic amines) is 1. The van der Waals surface area contributed by atoms with Crippen LogP contribution in [0.5, 0.6) is 0 Å². The number of carboxylic acids is 1. The summed E-state index contributed by atoms with van der Waals surface area (Å²) in [4.78, 5) is 24.7. The first-order chi connectivity index (χ1) is 9.58. The van der Waals surface area contributed by atoms with Gasteiger partial charge in [0.15, 0.2) is 0 Å². The summed E-state index contributed by atoms with van der Waals surface area (Å²) < 4.78 is 4.65. The zero-order chi connectivity index (χ0) is 14.5. The summed E-state index contributed by atoms with van der Waals surface area (Å²) in [5.74, 6) is -0.663. The second-order valence-corrected chi connectivity index (χ2v) is 5.92. The van der Waals surface area contributed by atoms with Gasteiger partial charge in [0.2, 0.25) is 0 Å². The first-order valence-electron chi connectivity index (χ1n) is 7.38. The van der Waals surface area contributed by atoms with E-state index in [0.717, 1.165) is 13.1 Å². The first-order valence-corrected chi connectivity index (χ1v) is 7.38. The molecule has 20 heavy (non-hydrogen) atoms. The van der Waals surface area contributed by atoms with Crippen LogP contribution in [0.2, 0.25) is 0 Å². The molecule has 0 aromatic rings. The molecule has 2 aliphatic rings. The van der Waals surface area contributed by atoms with Gasteiger partial charge in [-0.1, -0.05) is 12.8 Å². The third-order valence-electron chi connectivity index (χ3n) is 4.38. The Kier molecular flexibility index (Phi) is 5.23. The molecular weight excluding hydrogens is 260 g/mol. The average molecular weight is 284 g/mol. The molecule has 0 bridgehead atoms. The highest BCUT2D eigenvalue weighted by molar-refractivity contribution is 5.68. The summed E-state index contributed by atoms with van der Waals surface area (Å²) in [6.07, 6.45) is 5.32. The summed E-state index contributed by atoms with van der Waals surface area (Å²) >= 11 is 0. The van der Waals surface area contributed by atoms with Gasteiger partial charge in [0.05, 0.1) is 7.11 Å². The fourth-order valence-corrected chi connectivity index (χ4v) is 3.53. The zero-order valence-electron chi connectivity index (χ0n) is 12.0. The van der Waals surface area contributed by atoms with Crippen molar-refractivity contribution in [3.63, 3.8) is 0 Å². The molecule has 2 atom stereocenters. The molecule has 1 amide bonds. The molecule has 0 spiro atoms. The maximum absolute atomic E-state index is 11.4. The Hall–Kier alpha value is -1.30. The number of rotatable bonds is 4. The third kappa shape index (κ3) is 4.10. The highest BCUT2D eigenvalue weighted by atomic mass is 16.5. The number of amides is 1. The lowest BCUT2D eigenvalue weighted by molar-refractivity contribution is -0.138. The summed E-state index contributed by atoms with van der Waals surface area (Å²) in [6, 6.07) is 0.537. The molecule has 0 radical (unpaired) electrons. The number of ether oxygens (including phenoxy) is 1. The van der Waals surface area contributed by atoms with Crippen LogP contribution in [0.15, 0.2) is 0 Å². The van der Waals surface area contributed by atoms with Crippen molar-refractivity contribution in [2.24, 2.45) is 5.92 Å². The van der Waals surface area contributed by atoms with Crippen LogP contribution < -0.4 is 5.32 Å². The van der Waals surface area contributed by atoms with Crippen LogP contribution in [-0.2, 0) is 9.53 Å². The molecule has 114 valence electrons. The number of methoxy groups -OCH3 is 1. The summed E-state index contributed by atoms with van der Waals surface area (Å²) in [6.45, 7) is 1.63. The zero-order valence-corrected chi connectivity index (χ0v) is 12.0. The van der Waals surface area contributed by atoms with Crippen LogP contribution in [0.25, 0.3) is 0 Å². The van der Waals surface area contributed by atoms with Gasteiger partial charge >= 0.3 is 12.1 Å². The van der Waals surface area contributed by atoms with E-state index in [9.17, 15) is 9.59 Å². The van der Waals surface area contributed by atoms with E-state index in [2.05, 4.69) is 15.0 Å². The Balaban J connectivity index is 1.97. The quantitative estimate of drug-likeness (QED) is 0.817. The predicted octanol–water partition coefficient (Wildman–Crippen LogP) is 1.45. The number of carbonyl (C=O) groups excluding carboxylic acids is 1. The van der Waals surface area contributed by atoms with Crippen LogP contribution in [-0.4, -0.2) is 54.4 Å². The predicted molar refractivity (Wildman–Crippen MR) is 73.5 cm³/mol. The number of alkyl carbamates (subject to hydrolysis) is 1. The highest BCUT2D eigenvalue weighted by Crippen LogP contribution is 2.29. The minimum absolute atomic E-state index is 0.0128. The maximum atomic E-state index is 11.4. The topological polar surface area (TPSA) is 78.9 Å². The molecule has 1 heterocycles. The normalized spacial score (nSPS) is 28.2. The van der Waals surface area contributed by atoms with E-state index < -0.39 is 12.1 Å². The summed E-state index contributed by atoms with van der Waals surface area (Å²) in [5.41, 5.74) is 0. The number of nitrogens with one attached hydrogen (secondary N) is 1. The summed E-state index contributed by atoms with van der Waals surface area (Å²) in [7, 11) is 1.35. The number of piperidine rings is 1. The molecule has 2 rings (SSSR count). The number of carbonyl (C=O) groups is 2. The highest BCUT2D eigenvalue weighted by Gasteiger charge is 2.34. The van der Waals surface area contributed by atoms with Gasteiger partial charge < -0.3 is 15.2 Å². The standard InChI is InChI=1S/C14H24N2O4/c1-20-14(19)15-11-6-10(7-13(17)18)8-16(9-11)12-4-2-3-5-12/h10-12H,2-9H2,1H3,(H,15,19)(H,17,18). The van der Waals surface area contributed by atoms with Gasteiger partial charge in [0.1, 0.15) is 0 Å². The van der Waals surface area contributed by atoms with Crippen molar-refractivity contribution < 1.29 is 19.4 Å². The fraction of sp³-hybridized carbons (Fsp3) is 0.857. The molecule has 2 unspecified atom stereocenters. The minimum Gasteiger partial charge on any atom is -0.481 e. The number of carboxylic acid groups (broad SMARTS) is 1. The molecule has 0 aromatic heterocycles. The number of nitrogens with zero attached hydrogens (tertiary/aromatic N) is 1. The molecule has 6 nitrogen and oxygen atoms in total. The largest absolute Gasteiger partial charge is 0.481 e. The van der Waals surface area contributed by atoms with Gasteiger partial charge in [-0.25, -0.2) is 4.79 Å². The maximum Gasteiger partial charge on any atom is 0.407 e. The molecule has 2 fully saturated rings. The van der Waals surface area contributed by atoms with Gasteiger partial charge in [-0.05, 0) is 25.2 Å². The van der Waals surface area contributed by atoms with Crippen molar-refractivity contribution in [1.82, 2.24) is 10.2 Å². The Bertz CT molecular complexity index is 355. The van der Waals surface area contributed by atoms with E-state index in [1.165, 1.54) is 32.8 Å². The van der Waals surface area contributed by atoms with E-state index in [4.69, 9.17) is 5.11 Å². The van der Waals surface area contributed by atoms with Crippen LogP contribution in [0.1, 0.15) is 38.5 Å². The third-order valence-corrected chi connectivity index (χ3v) is 4.38. The Morgan fingerprint density at radius 2 is 2.00 bits per heavy atom. The number of hydrogen-bond acceptors (Lipinski definition) is 4. The van der Waals surface area contributed by atoms with Crippen molar-refractivity contribution in [2.75, 3.05) is 20.2 Å². The van der Waals surface area contributed by atoms with Crippen LogP contribution >= 0.6 is 0 Å². The van der Waals surface area contributed by atoms with Crippen LogP contribution in [0.4, 0.5) is 4.79 Å². The lowest BCUT2D eigenvalue weighted by atomic mass is 9.90. The SMILES string of the molecule is COC(=O)NC1CC(CC(=O)O)CN(C2CCCC2)C1. The van der Waals surface area contributed by atoms with Crippen molar-refractivity contribution in [3.05, 3.63) is 0 Å². The Morgan fingerprint density at radius 1 is 1.30 bits per heavy atom. The molecule has 1 saturated heterocycles. The first kappa shape index (κ1) is 15.1. The molecule has 0 aromatic carbocycles. The monoisotopic (exact) mass is 284 g/mol. The van der Waals surface area contributed by atoms with Crippen molar-refractivity contribution >= 4 is 12.1 Å². The van der Waals surface area contributed by atoms with Gasteiger partial charge in [0.25, 0.3) is 0 Å². The van der Waals surface area contributed by atoms with Crippen LogP contribution in [0, 0.1) is 5.92 Å². The summed E-state index contributed by atoms with van der Waals surface area (Å²) in [5, 5.41) is 11.8. The molecule has 2 N–H and O–H groups in total. The molecular formula is C14H24N2O4. The van der Waals surface area contributed by atoms with E-state index >= 15 is 0 Å². The van der Waals surface area contributed by atoms with E-state index in [1.54, 1.807) is 0 Å².